The van der Waals surface area contributed by atoms with Gasteiger partial charge >= 0.3 is 0 Å². The number of hydrogen-bond donors (Lipinski definition) is 2. The van der Waals surface area contributed by atoms with Crippen LogP contribution in [-0.4, -0.2) is 56.8 Å². The Morgan fingerprint density at radius 2 is 2.00 bits per heavy atom. The van der Waals surface area contributed by atoms with Crippen molar-refractivity contribution in [2.24, 2.45) is 4.99 Å². The molecule has 7 heteroatoms. The number of aliphatic imine (C=N–C) groups is 1. The molecule has 0 saturated carbocycles. The molecule has 1 atom stereocenters. The lowest BCUT2D eigenvalue weighted by atomic mass is 10.1. The number of halogens is 1. The fourth-order valence-corrected chi connectivity index (χ4v) is 3.18. The highest BCUT2D eigenvalue weighted by atomic mass is 127. The first-order valence-corrected chi connectivity index (χ1v) is 9.73. The van der Waals surface area contributed by atoms with E-state index in [2.05, 4.69) is 53.4 Å². The van der Waals surface area contributed by atoms with E-state index >= 15 is 0 Å². The average molecular weight is 490 g/mol. The summed E-state index contributed by atoms with van der Waals surface area (Å²) in [6.45, 7) is 13.8. The molecular weight excluding hydrogens is 455 g/mol. The molecule has 0 aliphatic carbocycles. The van der Waals surface area contributed by atoms with Gasteiger partial charge in [0.25, 0.3) is 0 Å². The standard InChI is InChI=1S/C20H34N4O2.HI/c1-6-24(7-2)10-9-22-20(21-5)23-14-17-13-19-16(11-15(4)26-19)12-18(17)25-8-3;/h12-13,15H,6-11,14H2,1-5H3,(H2,21,22,23);1H. The highest BCUT2D eigenvalue weighted by molar-refractivity contribution is 14.0. The van der Waals surface area contributed by atoms with Crippen molar-refractivity contribution in [2.45, 2.75) is 46.8 Å². The summed E-state index contributed by atoms with van der Waals surface area (Å²) in [6, 6.07) is 4.22. The molecule has 27 heavy (non-hydrogen) atoms. The Labute approximate surface area is 181 Å². The Hall–Kier alpha value is -1.22. The molecule has 0 radical (unpaired) electrons. The summed E-state index contributed by atoms with van der Waals surface area (Å²) >= 11 is 0. The van der Waals surface area contributed by atoms with Crippen LogP contribution in [0.1, 0.15) is 38.8 Å². The number of likely N-dealkylation sites (N-methyl/N-ethyl adjacent to an activating group) is 1. The fraction of sp³-hybridized carbons (Fsp3) is 0.650. The van der Waals surface area contributed by atoms with E-state index in [1.807, 2.05) is 6.92 Å². The number of rotatable bonds is 9. The van der Waals surface area contributed by atoms with Crippen molar-refractivity contribution < 1.29 is 9.47 Å². The van der Waals surface area contributed by atoms with E-state index in [-0.39, 0.29) is 30.1 Å². The van der Waals surface area contributed by atoms with Crippen LogP contribution in [-0.2, 0) is 13.0 Å². The summed E-state index contributed by atoms with van der Waals surface area (Å²) in [6.07, 6.45) is 1.18. The second-order valence-electron chi connectivity index (χ2n) is 6.51. The van der Waals surface area contributed by atoms with E-state index in [4.69, 9.17) is 9.47 Å². The van der Waals surface area contributed by atoms with Crippen molar-refractivity contribution in [3.63, 3.8) is 0 Å². The first kappa shape index (κ1) is 23.8. The van der Waals surface area contributed by atoms with E-state index in [9.17, 15) is 0 Å². The van der Waals surface area contributed by atoms with Crippen LogP contribution in [0.5, 0.6) is 11.5 Å². The second-order valence-corrected chi connectivity index (χ2v) is 6.51. The molecule has 0 saturated heterocycles. The maximum absolute atomic E-state index is 5.89. The Balaban J connectivity index is 0.00000364. The Kier molecular flexibility index (Phi) is 10.8. The predicted octanol–water partition coefficient (Wildman–Crippen LogP) is 3.03. The molecule has 6 nitrogen and oxygen atoms in total. The molecule has 0 spiro atoms. The van der Waals surface area contributed by atoms with E-state index in [0.717, 1.165) is 55.6 Å². The monoisotopic (exact) mass is 490 g/mol. The van der Waals surface area contributed by atoms with Crippen LogP contribution in [0.15, 0.2) is 17.1 Å². The van der Waals surface area contributed by atoms with Crippen molar-refractivity contribution >= 4 is 29.9 Å². The third-order valence-electron chi connectivity index (χ3n) is 4.66. The van der Waals surface area contributed by atoms with Crippen molar-refractivity contribution in [1.82, 2.24) is 15.5 Å². The number of benzene rings is 1. The van der Waals surface area contributed by atoms with Crippen LogP contribution in [0.3, 0.4) is 0 Å². The summed E-state index contributed by atoms with van der Waals surface area (Å²) in [5.41, 5.74) is 2.32. The summed E-state index contributed by atoms with van der Waals surface area (Å²) in [5.74, 6) is 2.70. The Morgan fingerprint density at radius 1 is 1.26 bits per heavy atom. The lowest BCUT2D eigenvalue weighted by Crippen LogP contribution is -2.41. The van der Waals surface area contributed by atoms with Crippen molar-refractivity contribution in [1.29, 1.82) is 0 Å². The fourth-order valence-electron chi connectivity index (χ4n) is 3.18. The molecule has 2 rings (SSSR count). The third kappa shape index (κ3) is 7.03. The normalized spacial score (nSPS) is 15.8. The molecule has 0 bridgehead atoms. The lowest BCUT2D eigenvalue weighted by molar-refractivity contribution is 0.254. The quantitative estimate of drug-likeness (QED) is 0.317. The van der Waals surface area contributed by atoms with Crippen LogP contribution in [0.2, 0.25) is 0 Å². The van der Waals surface area contributed by atoms with Gasteiger partial charge in [-0.3, -0.25) is 4.99 Å². The predicted molar refractivity (Wildman–Crippen MR) is 123 cm³/mol. The van der Waals surface area contributed by atoms with Crippen LogP contribution < -0.4 is 20.1 Å². The van der Waals surface area contributed by atoms with E-state index in [1.54, 1.807) is 7.05 Å². The molecule has 0 amide bonds. The van der Waals surface area contributed by atoms with Crippen molar-refractivity contribution in [3.8, 4) is 11.5 Å². The molecule has 0 fully saturated rings. The maximum atomic E-state index is 5.89. The Bertz CT molecular complexity index is 606. The van der Waals surface area contributed by atoms with Gasteiger partial charge in [0.05, 0.1) is 6.61 Å². The maximum Gasteiger partial charge on any atom is 0.191 e. The second kappa shape index (κ2) is 12.3. The molecule has 1 heterocycles. The molecule has 2 N–H and O–H groups in total. The number of nitrogens with one attached hydrogen (secondary N) is 2. The van der Waals surface area contributed by atoms with Gasteiger partial charge in [0.15, 0.2) is 5.96 Å². The van der Waals surface area contributed by atoms with Gasteiger partial charge in [0.2, 0.25) is 0 Å². The minimum atomic E-state index is 0. The summed E-state index contributed by atoms with van der Waals surface area (Å²) in [4.78, 5) is 6.70. The average Bonchev–Trinajstić information content (AvgIpc) is 3.00. The summed E-state index contributed by atoms with van der Waals surface area (Å²) in [7, 11) is 1.80. The number of hydrogen-bond acceptors (Lipinski definition) is 4. The number of nitrogens with zero attached hydrogens (tertiary/aromatic N) is 2. The number of ether oxygens (including phenoxy) is 2. The summed E-state index contributed by atoms with van der Waals surface area (Å²) in [5, 5.41) is 6.76. The van der Waals surface area contributed by atoms with E-state index < -0.39 is 0 Å². The van der Waals surface area contributed by atoms with Crippen molar-refractivity contribution in [2.75, 3.05) is 39.8 Å². The molecule has 0 aromatic heterocycles. The zero-order valence-corrected chi connectivity index (χ0v) is 19.6. The molecule has 1 aliphatic rings. The highest BCUT2D eigenvalue weighted by Gasteiger charge is 2.21. The van der Waals surface area contributed by atoms with Gasteiger partial charge in [0.1, 0.15) is 17.6 Å². The van der Waals surface area contributed by atoms with E-state index in [1.165, 1.54) is 5.56 Å². The lowest BCUT2D eigenvalue weighted by Gasteiger charge is -2.19. The largest absolute Gasteiger partial charge is 0.494 e. The minimum Gasteiger partial charge on any atom is -0.494 e. The molecule has 1 aliphatic heterocycles. The third-order valence-corrected chi connectivity index (χ3v) is 4.66. The molecule has 1 aromatic carbocycles. The van der Waals surface area contributed by atoms with Crippen molar-refractivity contribution in [3.05, 3.63) is 23.3 Å². The van der Waals surface area contributed by atoms with Gasteiger partial charge in [-0.05, 0) is 39.1 Å². The molecule has 1 aromatic rings. The van der Waals surface area contributed by atoms with Crippen LogP contribution in [0.25, 0.3) is 0 Å². The van der Waals surface area contributed by atoms with Crippen LogP contribution >= 0.6 is 24.0 Å². The SMILES string of the molecule is CCOc1cc2c(cc1CNC(=NC)NCCN(CC)CC)OC(C)C2.I. The highest BCUT2D eigenvalue weighted by Crippen LogP contribution is 2.35. The minimum absolute atomic E-state index is 0. The first-order valence-electron chi connectivity index (χ1n) is 9.73. The zero-order chi connectivity index (χ0) is 18.9. The van der Waals surface area contributed by atoms with Gasteiger partial charge in [-0.15, -0.1) is 24.0 Å². The van der Waals surface area contributed by atoms with Crippen LogP contribution in [0, 0.1) is 0 Å². The molecule has 154 valence electrons. The summed E-state index contributed by atoms with van der Waals surface area (Å²) < 4.78 is 11.7. The van der Waals surface area contributed by atoms with Gasteiger partial charge in [-0.1, -0.05) is 13.8 Å². The van der Waals surface area contributed by atoms with Gasteiger partial charge < -0.3 is 25.0 Å². The van der Waals surface area contributed by atoms with Crippen LogP contribution in [0.4, 0.5) is 0 Å². The molecule has 1 unspecified atom stereocenters. The number of fused-ring (bicyclic) bond motifs is 1. The Morgan fingerprint density at radius 3 is 2.63 bits per heavy atom. The molecular formula is C20H35IN4O2. The smallest absolute Gasteiger partial charge is 0.191 e. The topological polar surface area (TPSA) is 58.1 Å². The number of guanidine groups is 1. The zero-order valence-electron chi connectivity index (χ0n) is 17.3. The van der Waals surface area contributed by atoms with E-state index in [0.29, 0.717) is 13.2 Å². The van der Waals surface area contributed by atoms with Gasteiger partial charge in [-0.2, -0.15) is 0 Å². The van der Waals surface area contributed by atoms with Gasteiger partial charge in [0, 0.05) is 44.2 Å². The first-order chi connectivity index (χ1) is 12.6. The van der Waals surface area contributed by atoms with Gasteiger partial charge in [-0.25, -0.2) is 0 Å².